The molecule has 1 heterocycles. The van der Waals surface area contributed by atoms with Crippen LogP contribution in [0.5, 0.6) is 0 Å². The van der Waals surface area contributed by atoms with Crippen LogP contribution in [-0.2, 0) is 19.1 Å². The van der Waals surface area contributed by atoms with Crippen LogP contribution >= 0.6 is 0 Å². The van der Waals surface area contributed by atoms with Crippen molar-refractivity contribution in [2.45, 2.75) is 32.7 Å². The first-order valence-electron chi connectivity index (χ1n) is 8.29. The van der Waals surface area contributed by atoms with E-state index in [4.69, 9.17) is 9.47 Å². The summed E-state index contributed by atoms with van der Waals surface area (Å²) in [5, 5.41) is 0. The molecule has 126 valence electrons. The van der Waals surface area contributed by atoms with Crippen molar-refractivity contribution >= 4 is 11.9 Å². The highest BCUT2D eigenvalue weighted by Gasteiger charge is 2.34. The summed E-state index contributed by atoms with van der Waals surface area (Å²) in [4.78, 5) is 26.4. The Morgan fingerprint density at radius 1 is 1.09 bits per heavy atom. The molecule has 23 heavy (non-hydrogen) atoms. The predicted octanol–water partition coefficient (Wildman–Crippen LogP) is 2.57. The molecular weight excluding hydrogens is 294 g/mol. The number of piperidine rings is 1. The summed E-state index contributed by atoms with van der Waals surface area (Å²) in [7, 11) is 0. The van der Waals surface area contributed by atoms with E-state index in [2.05, 4.69) is 4.90 Å². The molecule has 1 aromatic carbocycles. The predicted molar refractivity (Wildman–Crippen MR) is 86.7 cm³/mol. The van der Waals surface area contributed by atoms with Crippen molar-refractivity contribution in [3.8, 4) is 0 Å². The number of ether oxygens (including phenoxy) is 2. The molecule has 1 saturated heterocycles. The summed E-state index contributed by atoms with van der Waals surface area (Å²) in [6, 6.07) is 9.26. The number of rotatable bonds is 6. The first-order chi connectivity index (χ1) is 11.2. The lowest BCUT2D eigenvalue weighted by Gasteiger charge is -2.35. The van der Waals surface area contributed by atoms with E-state index in [0.717, 1.165) is 5.56 Å². The molecule has 0 bridgehead atoms. The van der Waals surface area contributed by atoms with Gasteiger partial charge in [0.25, 0.3) is 0 Å². The van der Waals surface area contributed by atoms with Crippen LogP contribution in [-0.4, -0.2) is 43.1 Å². The SMILES string of the molecule is CCOC(=O)C1CCN(C(C(=O)OCC)c2ccccc2)CC1. The van der Waals surface area contributed by atoms with Crippen LogP contribution in [0, 0.1) is 5.92 Å². The molecule has 5 heteroatoms. The number of carbonyl (C=O) groups is 2. The largest absolute Gasteiger partial charge is 0.466 e. The number of likely N-dealkylation sites (tertiary alicyclic amines) is 1. The highest BCUT2D eigenvalue weighted by molar-refractivity contribution is 5.78. The molecule has 2 rings (SSSR count). The second-order valence-electron chi connectivity index (χ2n) is 5.63. The van der Waals surface area contributed by atoms with Crippen molar-refractivity contribution in [1.29, 1.82) is 0 Å². The molecule has 1 aliphatic heterocycles. The molecule has 1 aliphatic rings. The summed E-state index contributed by atoms with van der Waals surface area (Å²) >= 11 is 0. The fraction of sp³-hybridized carbons (Fsp3) is 0.556. The zero-order chi connectivity index (χ0) is 16.7. The van der Waals surface area contributed by atoms with Crippen molar-refractivity contribution < 1.29 is 19.1 Å². The lowest BCUT2D eigenvalue weighted by Crippen LogP contribution is -2.42. The quantitative estimate of drug-likeness (QED) is 0.754. The average molecular weight is 319 g/mol. The fourth-order valence-corrected chi connectivity index (χ4v) is 3.01. The third kappa shape index (κ3) is 4.55. The maximum Gasteiger partial charge on any atom is 0.327 e. The number of hydrogen-bond acceptors (Lipinski definition) is 5. The summed E-state index contributed by atoms with van der Waals surface area (Å²) in [6.45, 7) is 5.77. The van der Waals surface area contributed by atoms with Crippen LogP contribution < -0.4 is 0 Å². The summed E-state index contributed by atoms with van der Waals surface area (Å²) in [5.74, 6) is -0.419. The minimum atomic E-state index is -0.403. The van der Waals surface area contributed by atoms with Crippen molar-refractivity contribution in [2.24, 2.45) is 5.92 Å². The Labute approximate surface area is 137 Å². The van der Waals surface area contributed by atoms with E-state index < -0.39 is 6.04 Å². The zero-order valence-corrected chi connectivity index (χ0v) is 13.9. The molecule has 5 nitrogen and oxygen atoms in total. The third-order valence-electron chi connectivity index (χ3n) is 4.14. The van der Waals surface area contributed by atoms with E-state index in [1.807, 2.05) is 44.2 Å². The second-order valence-corrected chi connectivity index (χ2v) is 5.63. The van der Waals surface area contributed by atoms with E-state index in [9.17, 15) is 9.59 Å². The van der Waals surface area contributed by atoms with Gasteiger partial charge in [0.05, 0.1) is 19.1 Å². The highest BCUT2D eigenvalue weighted by atomic mass is 16.5. The van der Waals surface area contributed by atoms with Gasteiger partial charge in [-0.1, -0.05) is 30.3 Å². The van der Waals surface area contributed by atoms with Gasteiger partial charge in [0.2, 0.25) is 0 Å². The Bertz CT molecular complexity index is 509. The molecule has 0 amide bonds. The van der Waals surface area contributed by atoms with Crippen molar-refractivity contribution in [3.05, 3.63) is 35.9 Å². The van der Waals surface area contributed by atoms with Gasteiger partial charge in [-0.15, -0.1) is 0 Å². The molecular formula is C18H25NO4. The Kier molecular flexibility index (Phi) is 6.59. The highest BCUT2D eigenvalue weighted by Crippen LogP contribution is 2.28. The van der Waals surface area contributed by atoms with Crippen LogP contribution in [0.2, 0.25) is 0 Å². The van der Waals surface area contributed by atoms with Gasteiger partial charge in [0.15, 0.2) is 0 Å². The van der Waals surface area contributed by atoms with Gasteiger partial charge in [-0.25, -0.2) is 4.79 Å². The average Bonchev–Trinajstić information content (AvgIpc) is 2.57. The number of esters is 2. The molecule has 0 aliphatic carbocycles. The molecule has 1 atom stereocenters. The smallest absolute Gasteiger partial charge is 0.327 e. The van der Waals surface area contributed by atoms with Crippen LogP contribution in [0.25, 0.3) is 0 Å². The maximum absolute atomic E-state index is 12.4. The second kappa shape index (κ2) is 8.67. The first-order valence-corrected chi connectivity index (χ1v) is 8.29. The molecule has 0 radical (unpaired) electrons. The van der Waals surface area contributed by atoms with E-state index in [0.29, 0.717) is 39.1 Å². The van der Waals surface area contributed by atoms with Gasteiger partial charge < -0.3 is 9.47 Å². The van der Waals surface area contributed by atoms with Gasteiger partial charge in [0.1, 0.15) is 6.04 Å². The number of carbonyl (C=O) groups excluding carboxylic acids is 2. The first kappa shape index (κ1) is 17.5. The van der Waals surface area contributed by atoms with Crippen molar-refractivity contribution in [2.75, 3.05) is 26.3 Å². The summed E-state index contributed by atoms with van der Waals surface area (Å²) in [5.41, 5.74) is 0.931. The topological polar surface area (TPSA) is 55.8 Å². The van der Waals surface area contributed by atoms with Gasteiger partial charge in [-0.3, -0.25) is 9.69 Å². The monoisotopic (exact) mass is 319 g/mol. The van der Waals surface area contributed by atoms with E-state index >= 15 is 0 Å². The Balaban J connectivity index is 2.06. The van der Waals surface area contributed by atoms with Gasteiger partial charge in [-0.05, 0) is 32.3 Å². The molecule has 0 N–H and O–H groups in total. The molecule has 0 saturated carbocycles. The molecule has 1 fully saturated rings. The van der Waals surface area contributed by atoms with E-state index in [-0.39, 0.29) is 17.9 Å². The number of nitrogens with zero attached hydrogens (tertiary/aromatic N) is 1. The van der Waals surface area contributed by atoms with Crippen LogP contribution in [0.4, 0.5) is 0 Å². The lowest BCUT2D eigenvalue weighted by atomic mass is 9.94. The fourth-order valence-electron chi connectivity index (χ4n) is 3.01. The molecule has 0 spiro atoms. The van der Waals surface area contributed by atoms with Gasteiger partial charge in [-0.2, -0.15) is 0 Å². The van der Waals surface area contributed by atoms with E-state index in [1.165, 1.54) is 0 Å². The molecule has 1 unspecified atom stereocenters. The van der Waals surface area contributed by atoms with E-state index in [1.54, 1.807) is 0 Å². The minimum absolute atomic E-state index is 0.0650. The number of hydrogen-bond donors (Lipinski definition) is 0. The Morgan fingerprint density at radius 3 is 2.26 bits per heavy atom. The summed E-state index contributed by atoms with van der Waals surface area (Å²) < 4.78 is 10.4. The van der Waals surface area contributed by atoms with Gasteiger partial charge >= 0.3 is 11.9 Å². The van der Waals surface area contributed by atoms with Crippen molar-refractivity contribution in [1.82, 2.24) is 4.90 Å². The normalized spacial score (nSPS) is 17.5. The Morgan fingerprint density at radius 2 is 1.70 bits per heavy atom. The van der Waals surface area contributed by atoms with Crippen molar-refractivity contribution in [3.63, 3.8) is 0 Å². The zero-order valence-electron chi connectivity index (χ0n) is 13.9. The third-order valence-corrected chi connectivity index (χ3v) is 4.14. The Hall–Kier alpha value is -1.88. The van der Waals surface area contributed by atoms with Crippen LogP contribution in [0.1, 0.15) is 38.3 Å². The molecule has 0 aromatic heterocycles. The summed E-state index contributed by atoms with van der Waals surface area (Å²) in [6.07, 6.45) is 1.42. The maximum atomic E-state index is 12.4. The minimum Gasteiger partial charge on any atom is -0.466 e. The lowest BCUT2D eigenvalue weighted by molar-refractivity contribution is -0.152. The van der Waals surface area contributed by atoms with Crippen LogP contribution in [0.3, 0.4) is 0 Å². The molecule has 1 aromatic rings. The van der Waals surface area contributed by atoms with Crippen LogP contribution in [0.15, 0.2) is 30.3 Å². The van der Waals surface area contributed by atoms with Gasteiger partial charge in [0, 0.05) is 13.1 Å². The number of benzene rings is 1. The standard InChI is InChI=1S/C18H25NO4/c1-3-22-17(20)15-10-12-19(13-11-15)16(18(21)23-4-2)14-8-6-5-7-9-14/h5-9,15-16H,3-4,10-13H2,1-2H3.